The molecule has 0 fully saturated rings. The van der Waals surface area contributed by atoms with Gasteiger partial charge in [0.15, 0.2) is 5.84 Å². The predicted molar refractivity (Wildman–Crippen MR) is 74.2 cm³/mol. The number of oxime groups is 1. The molecular weight excluding hydrogens is 269 g/mol. The summed E-state index contributed by atoms with van der Waals surface area (Å²) in [7, 11) is -0.792. The van der Waals surface area contributed by atoms with Gasteiger partial charge in [-0.05, 0) is 30.7 Å². The lowest BCUT2D eigenvalue weighted by Crippen LogP contribution is -2.21. The zero-order chi connectivity index (χ0) is 14.3. The zero-order valence-electron chi connectivity index (χ0n) is 10.7. The van der Waals surface area contributed by atoms with Crippen molar-refractivity contribution in [2.45, 2.75) is 13.0 Å². The Balaban J connectivity index is 2.60. The van der Waals surface area contributed by atoms with Gasteiger partial charge in [0.05, 0.1) is 0 Å². The van der Waals surface area contributed by atoms with Crippen molar-refractivity contribution in [2.24, 2.45) is 10.9 Å². The fraction of sp³-hybridized carbons (Fsp3) is 0.417. The summed E-state index contributed by atoms with van der Waals surface area (Å²) in [5, 5.41) is 14.7. The van der Waals surface area contributed by atoms with E-state index in [9.17, 15) is 8.60 Å². The van der Waals surface area contributed by atoms with Crippen LogP contribution in [-0.4, -0.2) is 33.8 Å². The van der Waals surface area contributed by atoms with Gasteiger partial charge in [0, 0.05) is 34.9 Å². The van der Waals surface area contributed by atoms with Crippen LogP contribution in [0, 0.1) is 5.82 Å². The van der Waals surface area contributed by atoms with Crippen molar-refractivity contribution < 1.29 is 13.8 Å². The van der Waals surface area contributed by atoms with Crippen LogP contribution in [0.2, 0.25) is 0 Å². The Morgan fingerprint density at radius 1 is 1.58 bits per heavy atom. The highest BCUT2D eigenvalue weighted by Gasteiger charge is 2.08. The van der Waals surface area contributed by atoms with E-state index in [0.29, 0.717) is 24.4 Å². The van der Waals surface area contributed by atoms with E-state index < -0.39 is 16.6 Å². The third-order valence-electron chi connectivity index (χ3n) is 2.56. The lowest BCUT2D eigenvalue weighted by atomic mass is 10.1. The maximum Gasteiger partial charge on any atom is 0.170 e. The van der Waals surface area contributed by atoms with Crippen LogP contribution in [-0.2, 0) is 17.3 Å². The zero-order valence-corrected chi connectivity index (χ0v) is 11.5. The molecule has 0 aliphatic heterocycles. The van der Waals surface area contributed by atoms with E-state index in [1.165, 1.54) is 12.1 Å². The molecule has 4 N–H and O–H groups in total. The van der Waals surface area contributed by atoms with Gasteiger partial charge in [-0.25, -0.2) is 4.39 Å². The fourth-order valence-electron chi connectivity index (χ4n) is 1.62. The highest BCUT2D eigenvalue weighted by Crippen LogP contribution is 2.11. The van der Waals surface area contributed by atoms with Crippen molar-refractivity contribution in [2.75, 3.05) is 18.6 Å². The van der Waals surface area contributed by atoms with Crippen LogP contribution in [0.15, 0.2) is 23.4 Å². The molecule has 0 heterocycles. The van der Waals surface area contributed by atoms with Gasteiger partial charge < -0.3 is 16.3 Å². The molecular formula is C12H18FN3O2S. The van der Waals surface area contributed by atoms with Crippen LogP contribution >= 0.6 is 0 Å². The first kappa shape index (κ1) is 15.6. The van der Waals surface area contributed by atoms with E-state index in [1.54, 1.807) is 12.3 Å². The Bertz CT molecular complexity index is 480. The summed E-state index contributed by atoms with van der Waals surface area (Å²) in [5.41, 5.74) is 6.61. The summed E-state index contributed by atoms with van der Waals surface area (Å²) in [6.45, 7) is 1.18. The van der Waals surface area contributed by atoms with Crippen LogP contribution < -0.4 is 11.1 Å². The van der Waals surface area contributed by atoms with E-state index in [4.69, 9.17) is 10.9 Å². The van der Waals surface area contributed by atoms with Crippen molar-refractivity contribution in [3.05, 3.63) is 35.1 Å². The van der Waals surface area contributed by atoms with Gasteiger partial charge in [0.1, 0.15) is 5.82 Å². The monoisotopic (exact) mass is 287 g/mol. The first-order valence-corrected chi connectivity index (χ1v) is 7.54. The highest BCUT2D eigenvalue weighted by atomic mass is 32.2. The van der Waals surface area contributed by atoms with E-state index in [2.05, 4.69) is 10.5 Å². The number of amidine groups is 1. The summed E-state index contributed by atoms with van der Waals surface area (Å²) in [6.07, 6.45) is 2.46. The number of rotatable bonds is 7. The van der Waals surface area contributed by atoms with Crippen molar-refractivity contribution in [1.82, 2.24) is 5.32 Å². The van der Waals surface area contributed by atoms with E-state index in [0.717, 1.165) is 12.0 Å². The lowest BCUT2D eigenvalue weighted by Gasteiger charge is -2.09. The Labute approximate surface area is 114 Å². The predicted octanol–water partition coefficient (Wildman–Crippen LogP) is 0.778. The molecule has 19 heavy (non-hydrogen) atoms. The molecule has 7 heteroatoms. The van der Waals surface area contributed by atoms with Crippen molar-refractivity contribution in [3.8, 4) is 0 Å². The summed E-state index contributed by atoms with van der Waals surface area (Å²) < 4.78 is 24.0. The molecule has 0 amide bonds. The Kier molecular flexibility index (Phi) is 6.44. The summed E-state index contributed by atoms with van der Waals surface area (Å²) in [4.78, 5) is 0. The number of nitrogens with one attached hydrogen (secondary N) is 1. The molecule has 0 bridgehead atoms. The second kappa shape index (κ2) is 7.85. The maximum absolute atomic E-state index is 13.1. The third-order valence-corrected chi connectivity index (χ3v) is 3.42. The van der Waals surface area contributed by atoms with E-state index in [-0.39, 0.29) is 5.84 Å². The van der Waals surface area contributed by atoms with Crippen LogP contribution in [0.25, 0.3) is 0 Å². The molecule has 5 nitrogen and oxygen atoms in total. The van der Waals surface area contributed by atoms with Gasteiger partial charge in [0.25, 0.3) is 0 Å². The van der Waals surface area contributed by atoms with Gasteiger partial charge >= 0.3 is 0 Å². The number of nitrogens with two attached hydrogens (primary N) is 1. The van der Waals surface area contributed by atoms with Gasteiger partial charge in [0.2, 0.25) is 0 Å². The first-order valence-electron chi connectivity index (χ1n) is 5.81. The molecule has 0 saturated carbocycles. The molecule has 1 rings (SSSR count). The van der Waals surface area contributed by atoms with Crippen LogP contribution in [0.3, 0.4) is 0 Å². The first-order chi connectivity index (χ1) is 9.04. The van der Waals surface area contributed by atoms with Gasteiger partial charge in [-0.3, -0.25) is 4.21 Å². The molecule has 0 aliphatic rings. The minimum Gasteiger partial charge on any atom is -0.409 e. The average Bonchev–Trinajstić information content (AvgIpc) is 2.38. The minimum atomic E-state index is -0.792. The Hall–Kier alpha value is -1.47. The largest absolute Gasteiger partial charge is 0.409 e. The molecule has 1 aromatic carbocycles. The molecule has 0 radical (unpaired) electrons. The quantitative estimate of drug-likeness (QED) is 0.227. The van der Waals surface area contributed by atoms with E-state index >= 15 is 0 Å². The van der Waals surface area contributed by atoms with Gasteiger partial charge in [-0.2, -0.15) is 0 Å². The lowest BCUT2D eigenvalue weighted by molar-refractivity contribution is 0.318. The maximum atomic E-state index is 13.1. The second-order valence-corrected chi connectivity index (χ2v) is 5.65. The highest BCUT2D eigenvalue weighted by molar-refractivity contribution is 7.84. The number of hydrogen-bond donors (Lipinski definition) is 3. The van der Waals surface area contributed by atoms with Crippen LogP contribution in [0.1, 0.15) is 17.5 Å². The van der Waals surface area contributed by atoms with Crippen LogP contribution in [0.4, 0.5) is 4.39 Å². The molecule has 0 aliphatic carbocycles. The molecule has 106 valence electrons. The molecule has 1 aromatic rings. The SMILES string of the molecule is CS(=O)CCCNCc1ccc(F)cc1/C(N)=N/O. The standard InChI is InChI=1S/C12H18FN3O2S/c1-19(18)6-2-5-15-8-9-3-4-10(13)7-11(9)12(14)16-17/h3-4,7,15,17H,2,5-6,8H2,1H3,(H2,14,16). The number of hydrogen-bond acceptors (Lipinski definition) is 4. The van der Waals surface area contributed by atoms with Gasteiger partial charge in [-0.15, -0.1) is 0 Å². The topological polar surface area (TPSA) is 87.7 Å². The second-order valence-electron chi connectivity index (χ2n) is 4.09. The summed E-state index contributed by atoms with van der Waals surface area (Å²) >= 11 is 0. The molecule has 0 aromatic heterocycles. The van der Waals surface area contributed by atoms with Crippen molar-refractivity contribution in [1.29, 1.82) is 0 Å². The molecule has 0 spiro atoms. The smallest absolute Gasteiger partial charge is 0.170 e. The third kappa shape index (κ3) is 5.35. The normalized spacial score (nSPS) is 13.5. The number of halogens is 1. The molecule has 1 atom stereocenters. The number of nitrogens with zero attached hydrogens (tertiary/aromatic N) is 1. The van der Waals surface area contributed by atoms with Gasteiger partial charge in [-0.1, -0.05) is 11.2 Å². The molecule has 0 saturated heterocycles. The average molecular weight is 287 g/mol. The summed E-state index contributed by atoms with van der Waals surface area (Å²) in [5.74, 6) is 0.0847. The van der Waals surface area contributed by atoms with E-state index in [1.807, 2.05) is 0 Å². The summed E-state index contributed by atoms with van der Waals surface area (Å²) in [6, 6.07) is 4.15. The Morgan fingerprint density at radius 3 is 2.95 bits per heavy atom. The van der Waals surface area contributed by atoms with Crippen molar-refractivity contribution in [3.63, 3.8) is 0 Å². The van der Waals surface area contributed by atoms with Crippen LogP contribution in [0.5, 0.6) is 0 Å². The number of benzene rings is 1. The van der Waals surface area contributed by atoms with Crippen molar-refractivity contribution >= 4 is 16.6 Å². The fourth-order valence-corrected chi connectivity index (χ4v) is 2.17. The Morgan fingerprint density at radius 2 is 2.32 bits per heavy atom. The minimum absolute atomic E-state index is 0.119. The molecule has 1 unspecified atom stereocenters.